The Morgan fingerprint density at radius 2 is 1.88 bits per heavy atom. The van der Waals surface area contributed by atoms with E-state index in [-0.39, 0.29) is 0 Å². The van der Waals surface area contributed by atoms with Gasteiger partial charge in [0.1, 0.15) is 0 Å². The summed E-state index contributed by atoms with van der Waals surface area (Å²) in [6.45, 7) is 1.59. The molecular formula is C4H11N3O. The van der Waals surface area contributed by atoms with Gasteiger partial charge in [-0.15, -0.1) is 0 Å². The molecule has 1 atom stereocenters. The highest BCUT2D eigenvalue weighted by Gasteiger charge is 2.12. The van der Waals surface area contributed by atoms with Crippen LogP contribution < -0.4 is 17.2 Å². The fourth-order valence-corrected chi connectivity index (χ4v) is 0.190. The topological polar surface area (TPSA) is 95.1 Å². The lowest BCUT2D eigenvalue weighted by Crippen LogP contribution is -2.43. The van der Waals surface area contributed by atoms with Crippen LogP contribution in [0.5, 0.6) is 0 Å². The third-order valence-electron chi connectivity index (χ3n) is 1.03. The molecule has 0 rings (SSSR count). The fraction of sp³-hybridized carbons (Fsp3) is 0.750. The molecule has 8 heavy (non-hydrogen) atoms. The molecule has 0 aliphatic rings. The molecule has 0 aromatic heterocycles. The molecule has 1 amide bonds. The first-order chi connectivity index (χ1) is 3.55. The minimum atomic E-state index is -0.632. The van der Waals surface area contributed by atoms with Crippen molar-refractivity contribution in [1.29, 1.82) is 0 Å². The van der Waals surface area contributed by atoms with Gasteiger partial charge in [-0.3, -0.25) is 4.79 Å². The van der Waals surface area contributed by atoms with E-state index in [0.717, 1.165) is 0 Å². The summed E-state index contributed by atoms with van der Waals surface area (Å²) >= 11 is 0. The summed E-state index contributed by atoms with van der Waals surface area (Å²) in [7, 11) is 0. The van der Waals surface area contributed by atoms with E-state index in [1.807, 2.05) is 0 Å². The van der Waals surface area contributed by atoms with Crippen molar-refractivity contribution in [2.24, 2.45) is 23.1 Å². The Balaban J connectivity index is 3.64. The van der Waals surface area contributed by atoms with Gasteiger partial charge in [0.05, 0.1) is 12.1 Å². The number of primary amides is 1. The van der Waals surface area contributed by atoms with Crippen molar-refractivity contribution in [2.45, 2.75) is 13.1 Å². The first-order valence-corrected chi connectivity index (χ1v) is 2.36. The lowest BCUT2D eigenvalue weighted by molar-refractivity contribution is -0.121. The van der Waals surface area contributed by atoms with Crippen LogP contribution in [0.1, 0.15) is 6.92 Å². The van der Waals surface area contributed by atoms with Crippen LogP contribution in [0.25, 0.3) is 0 Å². The Hall–Kier alpha value is -0.610. The van der Waals surface area contributed by atoms with Gasteiger partial charge < -0.3 is 17.2 Å². The van der Waals surface area contributed by atoms with E-state index >= 15 is 0 Å². The average molecular weight is 117 g/mol. The normalized spacial score (nSPS) is 14.0. The standard InChI is InChI=1S/C4H11N3O/c1-2(3(5)6)4(7)8/h2-3H,5-6H2,1H3,(H2,7,8). The van der Waals surface area contributed by atoms with Crippen molar-refractivity contribution >= 4 is 5.91 Å². The Labute approximate surface area is 48.0 Å². The third-order valence-corrected chi connectivity index (χ3v) is 1.03. The van der Waals surface area contributed by atoms with E-state index < -0.39 is 18.0 Å². The summed E-state index contributed by atoms with van der Waals surface area (Å²) in [5.74, 6) is -0.894. The number of rotatable bonds is 2. The number of carbonyl (C=O) groups excluding carboxylic acids is 1. The van der Waals surface area contributed by atoms with Crippen molar-refractivity contribution in [1.82, 2.24) is 0 Å². The van der Waals surface area contributed by atoms with Crippen molar-refractivity contribution in [2.75, 3.05) is 0 Å². The Morgan fingerprint density at radius 3 is 1.88 bits per heavy atom. The average Bonchev–Trinajstić information content (AvgIpc) is 1.64. The van der Waals surface area contributed by atoms with Gasteiger partial charge in [0.25, 0.3) is 0 Å². The molecule has 0 saturated heterocycles. The summed E-state index contributed by atoms with van der Waals surface area (Å²) in [6, 6.07) is 0. The zero-order valence-electron chi connectivity index (χ0n) is 4.79. The highest BCUT2D eigenvalue weighted by atomic mass is 16.1. The molecule has 0 bridgehead atoms. The molecule has 0 aromatic rings. The van der Waals surface area contributed by atoms with Crippen molar-refractivity contribution in [3.8, 4) is 0 Å². The first kappa shape index (κ1) is 7.39. The van der Waals surface area contributed by atoms with E-state index in [4.69, 9.17) is 17.2 Å². The quantitative estimate of drug-likeness (QED) is 0.378. The van der Waals surface area contributed by atoms with Gasteiger partial charge in [0.15, 0.2) is 0 Å². The zero-order valence-corrected chi connectivity index (χ0v) is 4.79. The monoisotopic (exact) mass is 117 g/mol. The molecule has 4 heteroatoms. The maximum absolute atomic E-state index is 10.2. The SMILES string of the molecule is CC(C(N)=O)C(N)N. The van der Waals surface area contributed by atoms with Gasteiger partial charge >= 0.3 is 0 Å². The molecule has 0 fully saturated rings. The van der Waals surface area contributed by atoms with Crippen molar-refractivity contribution < 1.29 is 4.79 Å². The molecule has 0 aliphatic heterocycles. The highest BCUT2D eigenvalue weighted by Crippen LogP contribution is 1.90. The van der Waals surface area contributed by atoms with Crippen LogP contribution >= 0.6 is 0 Å². The summed E-state index contributed by atoms with van der Waals surface area (Å²) in [5.41, 5.74) is 15.1. The number of hydrogen-bond acceptors (Lipinski definition) is 3. The maximum Gasteiger partial charge on any atom is 0.223 e. The lowest BCUT2D eigenvalue weighted by atomic mass is 10.1. The van der Waals surface area contributed by atoms with Crippen LogP contribution in [0.15, 0.2) is 0 Å². The van der Waals surface area contributed by atoms with Gasteiger partial charge in [-0.05, 0) is 0 Å². The fourth-order valence-electron chi connectivity index (χ4n) is 0.190. The number of carbonyl (C=O) groups is 1. The van der Waals surface area contributed by atoms with Crippen LogP contribution in [0.4, 0.5) is 0 Å². The molecule has 0 radical (unpaired) electrons. The van der Waals surface area contributed by atoms with Gasteiger partial charge in [-0.1, -0.05) is 6.92 Å². The smallest absolute Gasteiger partial charge is 0.223 e. The molecule has 0 aliphatic carbocycles. The molecular weight excluding hydrogens is 106 g/mol. The Bertz CT molecular complexity index is 91.3. The van der Waals surface area contributed by atoms with Crippen LogP contribution in [0.3, 0.4) is 0 Å². The molecule has 0 aromatic carbocycles. The van der Waals surface area contributed by atoms with E-state index in [2.05, 4.69) is 0 Å². The highest BCUT2D eigenvalue weighted by molar-refractivity contribution is 5.76. The van der Waals surface area contributed by atoms with Crippen molar-refractivity contribution in [3.63, 3.8) is 0 Å². The largest absolute Gasteiger partial charge is 0.369 e. The molecule has 0 heterocycles. The second-order valence-electron chi connectivity index (χ2n) is 1.77. The third kappa shape index (κ3) is 1.90. The Kier molecular flexibility index (Phi) is 2.44. The molecule has 0 spiro atoms. The van der Waals surface area contributed by atoms with Crippen LogP contribution in [0, 0.1) is 5.92 Å². The van der Waals surface area contributed by atoms with Crippen LogP contribution in [-0.4, -0.2) is 12.1 Å². The second kappa shape index (κ2) is 2.64. The predicted octanol–water partition coefficient (Wildman–Crippen LogP) is -1.65. The second-order valence-corrected chi connectivity index (χ2v) is 1.77. The maximum atomic E-state index is 10.2. The zero-order chi connectivity index (χ0) is 6.73. The van der Waals surface area contributed by atoms with Gasteiger partial charge in [0.2, 0.25) is 5.91 Å². The molecule has 48 valence electrons. The van der Waals surface area contributed by atoms with Gasteiger partial charge in [0, 0.05) is 0 Å². The van der Waals surface area contributed by atoms with E-state index in [9.17, 15) is 4.79 Å². The summed E-state index contributed by atoms with van der Waals surface area (Å²) in [4.78, 5) is 10.2. The predicted molar refractivity (Wildman–Crippen MR) is 30.5 cm³/mol. The van der Waals surface area contributed by atoms with E-state index in [0.29, 0.717) is 0 Å². The van der Waals surface area contributed by atoms with E-state index in [1.54, 1.807) is 6.92 Å². The Morgan fingerprint density at radius 1 is 1.50 bits per heavy atom. The summed E-state index contributed by atoms with van der Waals surface area (Å²) < 4.78 is 0. The number of nitrogens with two attached hydrogens (primary N) is 3. The van der Waals surface area contributed by atoms with Crippen molar-refractivity contribution in [3.05, 3.63) is 0 Å². The first-order valence-electron chi connectivity index (χ1n) is 2.36. The minimum Gasteiger partial charge on any atom is -0.369 e. The summed E-state index contributed by atoms with van der Waals surface area (Å²) in [6.07, 6.45) is -0.632. The van der Waals surface area contributed by atoms with Crippen LogP contribution in [-0.2, 0) is 4.79 Å². The minimum absolute atomic E-state index is 0.435. The summed E-state index contributed by atoms with van der Waals surface area (Å²) in [5, 5.41) is 0. The van der Waals surface area contributed by atoms with Crippen LogP contribution in [0.2, 0.25) is 0 Å². The van der Waals surface area contributed by atoms with Gasteiger partial charge in [-0.25, -0.2) is 0 Å². The lowest BCUT2D eigenvalue weighted by Gasteiger charge is -2.09. The number of hydrogen-bond donors (Lipinski definition) is 3. The van der Waals surface area contributed by atoms with E-state index in [1.165, 1.54) is 0 Å². The molecule has 1 unspecified atom stereocenters. The molecule has 4 nitrogen and oxygen atoms in total. The molecule has 6 N–H and O–H groups in total. The number of amides is 1. The molecule has 0 saturated carbocycles. The van der Waals surface area contributed by atoms with Gasteiger partial charge in [-0.2, -0.15) is 0 Å².